The highest BCUT2D eigenvalue weighted by Gasteiger charge is 2.37. The van der Waals surface area contributed by atoms with E-state index in [1.165, 1.54) is 6.07 Å². The van der Waals surface area contributed by atoms with E-state index in [0.29, 0.717) is 24.4 Å². The van der Waals surface area contributed by atoms with Crippen molar-refractivity contribution >= 4 is 16.7 Å². The standard InChI is InChI=1S/C25H30F3NO3/c1-16-2-6-20(7-3-16)32-22-9-5-19-12-17(4-8-21(19)24(22)25(26,27)28)14-29-11-10-18(15-29)13-23(30)31/h4-5,8-9,12,16,18,20H,2-3,6-7,10-11,13-15H2,1H3,(H,30,31). The van der Waals surface area contributed by atoms with Gasteiger partial charge >= 0.3 is 12.1 Å². The molecule has 1 saturated heterocycles. The van der Waals surface area contributed by atoms with Crippen molar-refractivity contribution in [1.82, 2.24) is 4.90 Å². The Kier molecular flexibility index (Phi) is 6.65. The lowest BCUT2D eigenvalue weighted by Crippen LogP contribution is -2.24. The first-order chi connectivity index (χ1) is 15.2. The molecule has 0 spiro atoms. The third-order valence-corrected chi connectivity index (χ3v) is 6.83. The summed E-state index contributed by atoms with van der Waals surface area (Å²) in [6.07, 6.45) is -0.151. The van der Waals surface area contributed by atoms with E-state index in [1.54, 1.807) is 24.3 Å². The molecule has 1 atom stereocenters. The molecule has 2 aromatic rings. The Hall–Kier alpha value is -2.28. The van der Waals surface area contributed by atoms with Gasteiger partial charge in [-0.3, -0.25) is 9.69 Å². The van der Waals surface area contributed by atoms with Crippen LogP contribution in [0.3, 0.4) is 0 Å². The summed E-state index contributed by atoms with van der Waals surface area (Å²) in [5, 5.41) is 9.68. The highest BCUT2D eigenvalue weighted by Crippen LogP contribution is 2.43. The number of ether oxygens (including phenoxy) is 1. The van der Waals surface area contributed by atoms with Crippen LogP contribution in [0.4, 0.5) is 13.2 Å². The van der Waals surface area contributed by atoms with Gasteiger partial charge in [-0.05, 0) is 79.0 Å². The summed E-state index contributed by atoms with van der Waals surface area (Å²) in [6.45, 7) is 4.27. The molecule has 2 aromatic carbocycles. The maximum Gasteiger partial charge on any atom is 0.420 e. The molecule has 1 aliphatic carbocycles. The van der Waals surface area contributed by atoms with E-state index >= 15 is 0 Å². The molecule has 7 heteroatoms. The van der Waals surface area contributed by atoms with Crippen LogP contribution < -0.4 is 4.74 Å². The van der Waals surface area contributed by atoms with Crippen molar-refractivity contribution in [3.05, 3.63) is 41.5 Å². The van der Waals surface area contributed by atoms with Gasteiger partial charge in [0.05, 0.1) is 6.10 Å². The molecule has 174 valence electrons. The Morgan fingerprint density at radius 3 is 2.56 bits per heavy atom. The van der Waals surface area contributed by atoms with Crippen molar-refractivity contribution in [1.29, 1.82) is 0 Å². The lowest BCUT2D eigenvalue weighted by atomic mass is 9.89. The summed E-state index contributed by atoms with van der Waals surface area (Å²) in [5.41, 5.74) is 0.236. The summed E-state index contributed by atoms with van der Waals surface area (Å²) in [4.78, 5) is 13.1. The minimum atomic E-state index is -4.50. The van der Waals surface area contributed by atoms with E-state index in [-0.39, 0.29) is 29.6 Å². The van der Waals surface area contributed by atoms with Crippen LogP contribution in [0.15, 0.2) is 30.3 Å². The van der Waals surface area contributed by atoms with Crippen LogP contribution in [0.2, 0.25) is 0 Å². The Morgan fingerprint density at radius 2 is 1.88 bits per heavy atom. The molecule has 1 N–H and O–H groups in total. The predicted molar refractivity (Wildman–Crippen MR) is 117 cm³/mol. The number of rotatable bonds is 6. The quantitative estimate of drug-likeness (QED) is 0.578. The van der Waals surface area contributed by atoms with Crippen LogP contribution in [-0.4, -0.2) is 35.2 Å². The molecule has 1 saturated carbocycles. The number of hydrogen-bond acceptors (Lipinski definition) is 3. The van der Waals surface area contributed by atoms with Crippen LogP contribution in [-0.2, 0) is 17.5 Å². The molecule has 1 unspecified atom stereocenters. The molecule has 0 bridgehead atoms. The summed E-state index contributed by atoms with van der Waals surface area (Å²) < 4.78 is 48.0. The highest BCUT2D eigenvalue weighted by molar-refractivity contribution is 5.89. The average molecular weight is 450 g/mol. The first kappa shape index (κ1) is 22.9. The number of aliphatic carboxylic acids is 1. The zero-order chi connectivity index (χ0) is 22.9. The Bertz CT molecular complexity index is 967. The van der Waals surface area contributed by atoms with Gasteiger partial charge in [-0.2, -0.15) is 13.2 Å². The van der Waals surface area contributed by atoms with Crippen LogP contribution in [0.1, 0.15) is 56.6 Å². The van der Waals surface area contributed by atoms with E-state index in [9.17, 15) is 18.0 Å². The number of nitrogens with zero attached hydrogens (tertiary/aromatic N) is 1. The molecular weight excluding hydrogens is 419 g/mol. The Labute approximate surface area is 186 Å². The van der Waals surface area contributed by atoms with Crippen molar-refractivity contribution < 1.29 is 27.8 Å². The van der Waals surface area contributed by atoms with Crippen LogP contribution in [0, 0.1) is 11.8 Å². The lowest BCUT2D eigenvalue weighted by molar-refractivity contribution is -0.139. The van der Waals surface area contributed by atoms with Crippen LogP contribution in [0.5, 0.6) is 5.75 Å². The van der Waals surface area contributed by atoms with Gasteiger partial charge in [0.25, 0.3) is 0 Å². The average Bonchev–Trinajstić information content (AvgIpc) is 3.14. The smallest absolute Gasteiger partial charge is 0.420 e. The van der Waals surface area contributed by atoms with E-state index in [0.717, 1.165) is 44.2 Å². The second-order valence-electron chi connectivity index (χ2n) is 9.48. The van der Waals surface area contributed by atoms with Gasteiger partial charge in [-0.1, -0.05) is 25.1 Å². The van der Waals surface area contributed by atoms with Gasteiger partial charge in [0.15, 0.2) is 0 Å². The van der Waals surface area contributed by atoms with Gasteiger partial charge < -0.3 is 9.84 Å². The van der Waals surface area contributed by atoms with E-state index < -0.39 is 17.7 Å². The molecule has 1 heterocycles. The van der Waals surface area contributed by atoms with Crippen LogP contribution >= 0.6 is 0 Å². The fourth-order valence-corrected chi connectivity index (χ4v) is 5.10. The third-order valence-electron chi connectivity index (χ3n) is 6.83. The third kappa shape index (κ3) is 5.37. The molecule has 32 heavy (non-hydrogen) atoms. The number of carbonyl (C=O) groups is 1. The Balaban J connectivity index is 1.54. The van der Waals surface area contributed by atoms with Crippen molar-refractivity contribution in [3.8, 4) is 5.75 Å². The van der Waals surface area contributed by atoms with Crippen molar-refractivity contribution in [2.45, 2.75) is 64.3 Å². The number of fused-ring (bicyclic) bond motifs is 1. The number of carboxylic acid groups (broad SMARTS) is 1. The largest absolute Gasteiger partial charge is 0.490 e. The fourth-order valence-electron chi connectivity index (χ4n) is 5.10. The van der Waals surface area contributed by atoms with Crippen molar-refractivity contribution in [3.63, 3.8) is 0 Å². The van der Waals surface area contributed by atoms with Gasteiger partial charge in [-0.15, -0.1) is 0 Å². The molecule has 4 nitrogen and oxygen atoms in total. The van der Waals surface area contributed by atoms with Gasteiger partial charge in [0.1, 0.15) is 11.3 Å². The first-order valence-electron chi connectivity index (χ1n) is 11.4. The second kappa shape index (κ2) is 9.30. The minimum Gasteiger partial charge on any atom is -0.490 e. The summed E-state index contributed by atoms with van der Waals surface area (Å²) in [6, 6.07) is 8.28. The molecule has 2 fully saturated rings. The van der Waals surface area contributed by atoms with Crippen LogP contribution in [0.25, 0.3) is 10.8 Å². The number of alkyl halides is 3. The maximum atomic E-state index is 14.0. The molecule has 0 amide bonds. The zero-order valence-electron chi connectivity index (χ0n) is 18.3. The fraction of sp³-hybridized carbons (Fsp3) is 0.560. The minimum absolute atomic E-state index is 0.0756. The monoisotopic (exact) mass is 449 g/mol. The first-order valence-corrected chi connectivity index (χ1v) is 11.4. The zero-order valence-corrected chi connectivity index (χ0v) is 18.3. The van der Waals surface area contributed by atoms with Crippen molar-refractivity contribution in [2.24, 2.45) is 11.8 Å². The SMILES string of the molecule is CC1CCC(Oc2ccc3cc(CN4CCC(CC(=O)O)C4)ccc3c2C(F)(F)F)CC1. The number of halogens is 3. The van der Waals surface area contributed by atoms with E-state index in [1.807, 2.05) is 0 Å². The summed E-state index contributed by atoms with van der Waals surface area (Å²) in [5.74, 6) is -0.134. The molecule has 0 aromatic heterocycles. The highest BCUT2D eigenvalue weighted by atomic mass is 19.4. The summed E-state index contributed by atoms with van der Waals surface area (Å²) in [7, 11) is 0. The lowest BCUT2D eigenvalue weighted by Gasteiger charge is -2.28. The van der Waals surface area contributed by atoms with Gasteiger partial charge in [0, 0.05) is 19.5 Å². The molecule has 1 aliphatic heterocycles. The number of hydrogen-bond donors (Lipinski definition) is 1. The normalized spacial score (nSPS) is 24.7. The molecule has 2 aliphatic rings. The summed E-state index contributed by atoms with van der Waals surface area (Å²) >= 11 is 0. The molecular formula is C25H30F3NO3. The number of carboxylic acids is 1. The van der Waals surface area contributed by atoms with Crippen molar-refractivity contribution in [2.75, 3.05) is 13.1 Å². The molecule has 4 rings (SSSR count). The predicted octanol–water partition coefficient (Wildman–Crippen LogP) is 6.11. The van der Waals surface area contributed by atoms with E-state index in [4.69, 9.17) is 9.84 Å². The number of likely N-dealkylation sites (tertiary alicyclic amines) is 1. The van der Waals surface area contributed by atoms with Gasteiger partial charge in [-0.25, -0.2) is 0 Å². The topological polar surface area (TPSA) is 49.8 Å². The molecule has 0 radical (unpaired) electrons. The van der Waals surface area contributed by atoms with E-state index in [2.05, 4.69) is 11.8 Å². The Morgan fingerprint density at radius 1 is 1.12 bits per heavy atom. The van der Waals surface area contributed by atoms with Gasteiger partial charge in [0.2, 0.25) is 0 Å². The second-order valence-corrected chi connectivity index (χ2v) is 9.48. The number of benzene rings is 2. The maximum absolute atomic E-state index is 14.0.